The van der Waals surface area contributed by atoms with Crippen LogP contribution in [0.2, 0.25) is 0 Å². The molecule has 3 atom stereocenters. The highest BCUT2D eigenvalue weighted by atomic mass is 16.6. The Morgan fingerprint density at radius 1 is 1.05 bits per heavy atom. The molecule has 0 radical (unpaired) electrons. The van der Waals surface area contributed by atoms with Gasteiger partial charge in [-0.25, -0.2) is 14.4 Å². The summed E-state index contributed by atoms with van der Waals surface area (Å²) in [6.07, 6.45) is 0.445. The minimum Gasteiger partial charge on any atom is -0.467 e. The molecule has 1 aromatic carbocycles. The molecular weight excluding hydrogens is 532 g/mol. The molecule has 3 N–H and O–H groups in total. The molecule has 12 nitrogen and oxygen atoms in total. The molecule has 1 heterocycles. The number of carbonyl (C=O) groups is 5. The number of esters is 1. The predicted octanol–water partition coefficient (Wildman–Crippen LogP) is 2.89. The van der Waals surface area contributed by atoms with Crippen LogP contribution in [-0.2, 0) is 35.2 Å². The predicted molar refractivity (Wildman–Crippen MR) is 151 cm³/mol. The molecule has 0 aromatic heterocycles. The third kappa shape index (κ3) is 11.3. The highest BCUT2D eigenvalue weighted by molar-refractivity contribution is 5.93. The van der Waals surface area contributed by atoms with Crippen molar-refractivity contribution < 1.29 is 38.2 Å². The zero-order valence-electron chi connectivity index (χ0n) is 24.9. The number of carbonyl (C=O) groups excluding carboxylic acids is 5. The molecule has 1 aliphatic heterocycles. The summed E-state index contributed by atoms with van der Waals surface area (Å²) in [5.74, 6) is -1.98. The Hall–Kier alpha value is -3.83. The summed E-state index contributed by atoms with van der Waals surface area (Å²) >= 11 is 0. The standard InChI is InChI=1S/C29H44N4O8/c1-19(2)23(32-24(34)22-15-11-17-33(22)28(38)41-29(3,4)5)25(35)31-21(26(36)39-6)14-10-16-30-27(37)40-18-20-12-8-7-9-13-20/h7-9,12-13,19,21-23H,10-11,14-18H2,1-6H3,(H,30,37)(H,31,35)(H,32,34)/t21?,22-,23?/m0/s1. The first-order valence-electron chi connectivity index (χ1n) is 13.9. The van der Waals surface area contributed by atoms with Crippen LogP contribution < -0.4 is 16.0 Å². The maximum absolute atomic E-state index is 13.2. The Balaban J connectivity index is 1.91. The smallest absolute Gasteiger partial charge is 0.410 e. The summed E-state index contributed by atoms with van der Waals surface area (Å²) in [7, 11) is 1.22. The van der Waals surface area contributed by atoms with Crippen LogP contribution in [0.5, 0.6) is 0 Å². The monoisotopic (exact) mass is 576 g/mol. The van der Waals surface area contributed by atoms with E-state index in [1.807, 2.05) is 30.3 Å². The fourth-order valence-corrected chi connectivity index (χ4v) is 4.29. The van der Waals surface area contributed by atoms with E-state index in [9.17, 15) is 24.0 Å². The van der Waals surface area contributed by atoms with Gasteiger partial charge in [-0.3, -0.25) is 14.5 Å². The van der Waals surface area contributed by atoms with Gasteiger partial charge in [0, 0.05) is 13.1 Å². The number of benzene rings is 1. The van der Waals surface area contributed by atoms with Crippen LogP contribution in [0.4, 0.5) is 9.59 Å². The number of nitrogens with one attached hydrogen (secondary N) is 3. The van der Waals surface area contributed by atoms with Crippen molar-refractivity contribution in [2.75, 3.05) is 20.2 Å². The number of nitrogens with zero attached hydrogens (tertiary/aromatic N) is 1. The van der Waals surface area contributed by atoms with Crippen molar-refractivity contribution in [1.29, 1.82) is 0 Å². The Morgan fingerprint density at radius 2 is 1.73 bits per heavy atom. The second-order valence-electron chi connectivity index (χ2n) is 11.3. The summed E-state index contributed by atoms with van der Waals surface area (Å²) < 4.78 is 15.4. The van der Waals surface area contributed by atoms with Crippen LogP contribution in [0.25, 0.3) is 0 Å². The molecule has 1 aliphatic rings. The molecule has 0 bridgehead atoms. The van der Waals surface area contributed by atoms with Crippen molar-refractivity contribution in [3.05, 3.63) is 35.9 Å². The summed E-state index contributed by atoms with van der Waals surface area (Å²) in [4.78, 5) is 64.7. The number of rotatable bonds is 12. The van der Waals surface area contributed by atoms with E-state index in [4.69, 9.17) is 14.2 Å². The number of hydrogen-bond donors (Lipinski definition) is 3. The van der Waals surface area contributed by atoms with E-state index in [0.717, 1.165) is 5.56 Å². The van der Waals surface area contributed by atoms with Gasteiger partial charge in [0.2, 0.25) is 11.8 Å². The molecule has 41 heavy (non-hydrogen) atoms. The highest BCUT2D eigenvalue weighted by Gasteiger charge is 2.39. The number of alkyl carbamates (subject to hydrolysis) is 1. The van der Waals surface area contributed by atoms with Crippen LogP contribution in [0.3, 0.4) is 0 Å². The maximum atomic E-state index is 13.2. The number of hydrogen-bond acceptors (Lipinski definition) is 8. The van der Waals surface area contributed by atoms with E-state index in [2.05, 4.69) is 16.0 Å². The molecule has 2 rings (SSSR count). The molecular formula is C29H44N4O8. The van der Waals surface area contributed by atoms with Crippen LogP contribution in [0.1, 0.15) is 65.9 Å². The second kappa shape index (κ2) is 15.8. The topological polar surface area (TPSA) is 152 Å². The van der Waals surface area contributed by atoms with E-state index in [1.54, 1.807) is 34.6 Å². The highest BCUT2D eigenvalue weighted by Crippen LogP contribution is 2.21. The van der Waals surface area contributed by atoms with Crippen LogP contribution in [0.15, 0.2) is 30.3 Å². The van der Waals surface area contributed by atoms with Crippen LogP contribution in [-0.4, -0.2) is 78.8 Å². The summed E-state index contributed by atoms with van der Waals surface area (Å²) in [6.45, 7) is 9.51. The van der Waals surface area contributed by atoms with Crippen molar-refractivity contribution in [3.63, 3.8) is 0 Å². The summed E-state index contributed by atoms with van der Waals surface area (Å²) in [5, 5.41) is 8.04. The number of likely N-dealkylation sites (tertiary alicyclic amines) is 1. The van der Waals surface area contributed by atoms with Crippen LogP contribution >= 0.6 is 0 Å². The SMILES string of the molecule is COC(=O)C(CCCNC(=O)OCc1ccccc1)NC(=O)C(NC(=O)[C@@H]1CCCN1C(=O)OC(C)(C)C)C(C)C. The lowest BCUT2D eigenvalue weighted by atomic mass is 10.0. The lowest BCUT2D eigenvalue weighted by Gasteiger charge is -2.30. The molecule has 0 aliphatic carbocycles. The quantitative estimate of drug-likeness (QED) is 0.195. The largest absolute Gasteiger partial charge is 0.467 e. The molecule has 0 spiro atoms. The molecule has 12 heteroatoms. The van der Waals surface area contributed by atoms with Gasteiger partial charge in [0.1, 0.15) is 30.3 Å². The fraction of sp³-hybridized carbons (Fsp3) is 0.621. The minimum absolute atomic E-state index is 0.131. The molecule has 1 saturated heterocycles. The van der Waals surface area contributed by atoms with Gasteiger partial charge in [0.05, 0.1) is 7.11 Å². The van der Waals surface area contributed by atoms with Gasteiger partial charge in [-0.2, -0.15) is 0 Å². The Morgan fingerprint density at radius 3 is 2.34 bits per heavy atom. The van der Waals surface area contributed by atoms with Gasteiger partial charge in [0.25, 0.3) is 0 Å². The summed E-state index contributed by atoms with van der Waals surface area (Å²) in [5.41, 5.74) is 0.149. The number of methoxy groups -OCH3 is 1. The van der Waals surface area contributed by atoms with Gasteiger partial charge in [-0.05, 0) is 57.9 Å². The van der Waals surface area contributed by atoms with Gasteiger partial charge in [-0.1, -0.05) is 44.2 Å². The first kappa shape index (κ1) is 33.4. The molecule has 1 fully saturated rings. The van der Waals surface area contributed by atoms with E-state index in [-0.39, 0.29) is 25.5 Å². The zero-order chi connectivity index (χ0) is 30.6. The van der Waals surface area contributed by atoms with Crippen molar-refractivity contribution in [3.8, 4) is 0 Å². The average Bonchev–Trinajstić information content (AvgIpc) is 3.41. The number of ether oxygens (including phenoxy) is 3. The lowest BCUT2D eigenvalue weighted by Crippen LogP contribution is -2.57. The normalized spacial score (nSPS) is 16.4. The van der Waals surface area contributed by atoms with Gasteiger partial charge >= 0.3 is 18.2 Å². The first-order valence-corrected chi connectivity index (χ1v) is 13.9. The average molecular weight is 577 g/mol. The Bertz CT molecular complexity index is 1040. The maximum Gasteiger partial charge on any atom is 0.410 e. The first-order chi connectivity index (χ1) is 19.3. The zero-order valence-corrected chi connectivity index (χ0v) is 24.9. The summed E-state index contributed by atoms with van der Waals surface area (Å²) in [6, 6.07) is 6.54. The Kier molecular flexibility index (Phi) is 12.9. The van der Waals surface area contributed by atoms with Crippen molar-refractivity contribution in [2.24, 2.45) is 5.92 Å². The van der Waals surface area contributed by atoms with Gasteiger partial charge < -0.3 is 30.2 Å². The molecule has 4 amide bonds. The molecule has 228 valence electrons. The van der Waals surface area contributed by atoms with Gasteiger partial charge in [-0.15, -0.1) is 0 Å². The van der Waals surface area contributed by atoms with Gasteiger partial charge in [0.15, 0.2) is 0 Å². The van der Waals surface area contributed by atoms with E-state index < -0.39 is 53.7 Å². The second-order valence-corrected chi connectivity index (χ2v) is 11.3. The van der Waals surface area contributed by atoms with Crippen molar-refractivity contribution >= 4 is 30.0 Å². The number of amides is 4. The van der Waals surface area contributed by atoms with Crippen LogP contribution in [0, 0.1) is 5.92 Å². The van der Waals surface area contributed by atoms with Crippen molar-refractivity contribution in [1.82, 2.24) is 20.9 Å². The van der Waals surface area contributed by atoms with E-state index in [1.165, 1.54) is 12.0 Å². The van der Waals surface area contributed by atoms with Crippen molar-refractivity contribution in [2.45, 2.75) is 90.6 Å². The fourth-order valence-electron chi connectivity index (χ4n) is 4.29. The third-order valence-electron chi connectivity index (χ3n) is 6.38. The van der Waals surface area contributed by atoms with E-state index in [0.29, 0.717) is 25.8 Å². The molecule has 1 aromatic rings. The molecule has 2 unspecified atom stereocenters. The Labute approximate surface area is 241 Å². The minimum atomic E-state index is -0.988. The third-order valence-corrected chi connectivity index (χ3v) is 6.38. The lowest BCUT2D eigenvalue weighted by molar-refractivity contribution is -0.145. The van der Waals surface area contributed by atoms with E-state index >= 15 is 0 Å². The molecule has 0 saturated carbocycles.